The zero-order valence-corrected chi connectivity index (χ0v) is 14.5. The van der Waals surface area contributed by atoms with Crippen molar-refractivity contribution >= 4 is 22.7 Å². The molecule has 0 saturated carbocycles. The van der Waals surface area contributed by atoms with Crippen LogP contribution in [0.4, 0.5) is 10.2 Å². The second-order valence-corrected chi connectivity index (χ2v) is 6.49. The van der Waals surface area contributed by atoms with Crippen LogP contribution in [0, 0.1) is 5.82 Å². The van der Waals surface area contributed by atoms with Gasteiger partial charge in [0.1, 0.15) is 17.2 Å². The van der Waals surface area contributed by atoms with E-state index in [4.69, 9.17) is 4.42 Å². The summed E-state index contributed by atoms with van der Waals surface area (Å²) in [5.74, 6) is -0.477. The highest BCUT2D eigenvalue weighted by atomic mass is 19.1. The highest BCUT2D eigenvalue weighted by Gasteiger charge is 2.44. The largest absolute Gasteiger partial charge is 0.450 e. The Labute approximate surface area is 158 Å². The van der Waals surface area contributed by atoms with Gasteiger partial charge in [-0.2, -0.15) is 0 Å². The minimum Gasteiger partial charge on any atom is -0.450 e. The second-order valence-electron chi connectivity index (χ2n) is 6.49. The summed E-state index contributed by atoms with van der Waals surface area (Å²) >= 11 is 0. The van der Waals surface area contributed by atoms with Crippen LogP contribution in [0.2, 0.25) is 0 Å². The van der Waals surface area contributed by atoms with Crippen molar-refractivity contribution in [2.24, 2.45) is 0 Å². The standard InChI is InChI=1S/C22H13FN2O3/c23-14-10-8-13(9-11-14)19-18-20(26)15-5-1-2-6-16(15)28-21(18)22(27)25(19)17-7-3-4-12-24-17/h1-12,19H. The van der Waals surface area contributed by atoms with E-state index in [-0.39, 0.29) is 16.8 Å². The average Bonchev–Trinajstić information content (AvgIpc) is 3.02. The van der Waals surface area contributed by atoms with Gasteiger partial charge in [-0.05, 0) is 42.0 Å². The SMILES string of the molecule is O=C1c2oc3ccccc3c(=O)c2C(c2ccc(F)cc2)N1c1ccccn1. The molecule has 4 aromatic rings. The number of para-hydroxylation sites is 1. The molecule has 28 heavy (non-hydrogen) atoms. The number of benzene rings is 2. The van der Waals surface area contributed by atoms with Crippen LogP contribution in [-0.4, -0.2) is 10.9 Å². The van der Waals surface area contributed by atoms with Crippen molar-refractivity contribution in [3.8, 4) is 0 Å². The Bertz CT molecular complexity index is 1270. The van der Waals surface area contributed by atoms with Gasteiger partial charge in [-0.15, -0.1) is 0 Å². The van der Waals surface area contributed by atoms with Gasteiger partial charge >= 0.3 is 0 Å². The first-order valence-electron chi connectivity index (χ1n) is 8.71. The Morgan fingerprint density at radius 3 is 2.43 bits per heavy atom. The maximum Gasteiger partial charge on any atom is 0.296 e. The van der Waals surface area contributed by atoms with Crippen molar-refractivity contribution in [3.05, 3.63) is 106 Å². The predicted octanol–water partition coefficient (Wildman–Crippen LogP) is 4.08. The van der Waals surface area contributed by atoms with E-state index in [1.807, 2.05) is 0 Å². The van der Waals surface area contributed by atoms with E-state index < -0.39 is 17.8 Å². The molecule has 0 saturated heterocycles. The zero-order valence-electron chi connectivity index (χ0n) is 14.5. The van der Waals surface area contributed by atoms with Gasteiger partial charge in [-0.25, -0.2) is 9.37 Å². The van der Waals surface area contributed by atoms with E-state index >= 15 is 0 Å². The Morgan fingerprint density at radius 2 is 1.68 bits per heavy atom. The van der Waals surface area contributed by atoms with E-state index in [0.29, 0.717) is 22.4 Å². The monoisotopic (exact) mass is 372 g/mol. The van der Waals surface area contributed by atoms with Crippen LogP contribution in [-0.2, 0) is 0 Å². The van der Waals surface area contributed by atoms with Gasteiger partial charge in [0.2, 0.25) is 5.76 Å². The van der Waals surface area contributed by atoms with E-state index in [0.717, 1.165) is 0 Å². The number of aromatic nitrogens is 1. The lowest BCUT2D eigenvalue weighted by Gasteiger charge is -2.24. The fourth-order valence-electron chi connectivity index (χ4n) is 3.61. The van der Waals surface area contributed by atoms with E-state index in [9.17, 15) is 14.0 Å². The fourth-order valence-corrected chi connectivity index (χ4v) is 3.61. The highest BCUT2D eigenvalue weighted by Crippen LogP contribution is 2.40. The molecule has 0 aliphatic carbocycles. The quantitative estimate of drug-likeness (QED) is 0.532. The number of pyridine rings is 1. The van der Waals surface area contributed by atoms with Crippen molar-refractivity contribution < 1.29 is 13.6 Å². The minimum atomic E-state index is -0.751. The maximum absolute atomic E-state index is 13.5. The molecule has 1 amide bonds. The number of hydrogen-bond donors (Lipinski definition) is 0. The summed E-state index contributed by atoms with van der Waals surface area (Å²) in [6.45, 7) is 0. The van der Waals surface area contributed by atoms with Crippen LogP contribution >= 0.6 is 0 Å². The van der Waals surface area contributed by atoms with Gasteiger partial charge in [0, 0.05) is 6.20 Å². The molecule has 0 N–H and O–H groups in total. The average molecular weight is 372 g/mol. The maximum atomic E-state index is 13.5. The van der Waals surface area contributed by atoms with Crippen molar-refractivity contribution in [3.63, 3.8) is 0 Å². The number of hydrogen-bond acceptors (Lipinski definition) is 4. The number of nitrogens with zero attached hydrogens (tertiary/aromatic N) is 2. The molecule has 136 valence electrons. The highest BCUT2D eigenvalue weighted by molar-refractivity contribution is 6.10. The Hall–Kier alpha value is -3.80. The van der Waals surface area contributed by atoms with Gasteiger partial charge in [0.15, 0.2) is 5.43 Å². The summed E-state index contributed by atoms with van der Waals surface area (Å²) in [4.78, 5) is 32.2. The van der Waals surface area contributed by atoms with Gasteiger partial charge < -0.3 is 4.42 Å². The third-order valence-electron chi connectivity index (χ3n) is 4.86. The molecule has 0 fully saturated rings. The summed E-state index contributed by atoms with van der Waals surface area (Å²) < 4.78 is 19.3. The molecular weight excluding hydrogens is 359 g/mol. The zero-order chi connectivity index (χ0) is 19.3. The van der Waals surface area contributed by atoms with Crippen molar-refractivity contribution in [1.82, 2.24) is 4.98 Å². The molecule has 1 aliphatic rings. The van der Waals surface area contributed by atoms with Crippen LogP contribution in [0.5, 0.6) is 0 Å². The normalized spacial score (nSPS) is 15.8. The predicted molar refractivity (Wildman–Crippen MR) is 102 cm³/mol. The molecular formula is C22H13FN2O3. The third-order valence-corrected chi connectivity index (χ3v) is 4.86. The van der Waals surface area contributed by atoms with Crippen molar-refractivity contribution in [2.45, 2.75) is 6.04 Å². The van der Waals surface area contributed by atoms with Gasteiger partial charge in [0.05, 0.1) is 17.0 Å². The number of carbonyl (C=O) groups is 1. The van der Waals surface area contributed by atoms with Crippen molar-refractivity contribution in [2.75, 3.05) is 4.90 Å². The molecule has 1 aliphatic heterocycles. The molecule has 5 rings (SSSR count). The second kappa shape index (κ2) is 6.13. The molecule has 1 atom stereocenters. The van der Waals surface area contributed by atoms with Gasteiger partial charge in [-0.3, -0.25) is 14.5 Å². The number of halogens is 1. The van der Waals surface area contributed by atoms with Crippen LogP contribution < -0.4 is 10.3 Å². The molecule has 2 aromatic heterocycles. The lowest BCUT2D eigenvalue weighted by molar-refractivity contribution is 0.0970. The van der Waals surface area contributed by atoms with Crippen molar-refractivity contribution in [1.29, 1.82) is 0 Å². The number of carbonyl (C=O) groups excluding carboxylic acids is 1. The first kappa shape index (κ1) is 16.4. The first-order valence-corrected chi connectivity index (χ1v) is 8.71. The molecule has 0 bridgehead atoms. The summed E-state index contributed by atoms with van der Waals surface area (Å²) in [5, 5.41) is 0.393. The summed E-state index contributed by atoms with van der Waals surface area (Å²) in [5.41, 5.74) is 0.904. The molecule has 5 nitrogen and oxygen atoms in total. The number of anilines is 1. The summed E-state index contributed by atoms with van der Waals surface area (Å²) in [6.07, 6.45) is 1.57. The first-order chi connectivity index (χ1) is 13.6. The van der Waals surface area contributed by atoms with Crippen LogP contribution in [0.15, 0.2) is 82.1 Å². The van der Waals surface area contributed by atoms with E-state index in [1.54, 1.807) is 60.8 Å². The smallest absolute Gasteiger partial charge is 0.296 e. The molecule has 1 unspecified atom stereocenters. The molecule has 0 spiro atoms. The van der Waals surface area contributed by atoms with Crippen LogP contribution in [0.25, 0.3) is 11.0 Å². The van der Waals surface area contributed by atoms with Gasteiger partial charge in [-0.1, -0.05) is 30.3 Å². The number of rotatable bonds is 2. The molecule has 0 radical (unpaired) electrons. The summed E-state index contributed by atoms with van der Waals surface area (Å²) in [6, 6.07) is 17.0. The number of fused-ring (bicyclic) bond motifs is 2. The molecule has 3 heterocycles. The third kappa shape index (κ3) is 2.35. The van der Waals surface area contributed by atoms with Crippen LogP contribution in [0.3, 0.4) is 0 Å². The van der Waals surface area contributed by atoms with Crippen LogP contribution in [0.1, 0.15) is 27.7 Å². The Balaban J connectivity index is 1.83. The van der Waals surface area contributed by atoms with E-state index in [1.165, 1.54) is 17.0 Å². The van der Waals surface area contributed by atoms with Gasteiger partial charge in [0.25, 0.3) is 5.91 Å². The molecule has 2 aromatic carbocycles. The Morgan fingerprint density at radius 1 is 0.929 bits per heavy atom. The fraction of sp³-hybridized carbons (Fsp3) is 0.0455. The van der Waals surface area contributed by atoms with E-state index in [2.05, 4.69) is 4.98 Å². The molecule has 6 heteroatoms. The Kier molecular flexibility index (Phi) is 3.58. The topological polar surface area (TPSA) is 63.4 Å². The summed E-state index contributed by atoms with van der Waals surface area (Å²) in [7, 11) is 0. The lowest BCUT2D eigenvalue weighted by Crippen LogP contribution is -2.30. The minimum absolute atomic E-state index is 0.0105. The lowest BCUT2D eigenvalue weighted by atomic mass is 9.98. The number of amides is 1.